The second-order valence-electron chi connectivity index (χ2n) is 4.38. The van der Waals surface area contributed by atoms with Gasteiger partial charge in [0, 0.05) is 10.4 Å². The summed E-state index contributed by atoms with van der Waals surface area (Å²) < 4.78 is 1.09. The summed E-state index contributed by atoms with van der Waals surface area (Å²) in [6.07, 6.45) is 1.07. The van der Waals surface area contributed by atoms with Crippen LogP contribution in [0.3, 0.4) is 0 Å². The molecular weight excluding hydrogens is 252 g/mol. The highest BCUT2D eigenvalue weighted by molar-refractivity contribution is 9.10. The van der Waals surface area contributed by atoms with Gasteiger partial charge >= 0.3 is 0 Å². The van der Waals surface area contributed by atoms with Crippen LogP contribution < -0.4 is 0 Å². The average molecular weight is 270 g/mol. The summed E-state index contributed by atoms with van der Waals surface area (Å²) in [5.41, 5.74) is 2.45. The minimum absolute atomic E-state index is 0.123. The first-order valence-electron chi connectivity index (χ1n) is 5.26. The molecular formula is C13H18BrO. The largest absolute Gasteiger partial charge is 0.395 e. The lowest BCUT2D eigenvalue weighted by Gasteiger charge is -2.12. The summed E-state index contributed by atoms with van der Waals surface area (Å²) in [6, 6.07) is 6.36. The Morgan fingerprint density at radius 3 is 2.53 bits per heavy atom. The molecule has 0 amide bonds. The Kier molecular flexibility index (Phi) is 4.81. The van der Waals surface area contributed by atoms with Crippen molar-refractivity contribution in [1.29, 1.82) is 0 Å². The quantitative estimate of drug-likeness (QED) is 0.886. The Labute approximate surface area is 101 Å². The summed E-state index contributed by atoms with van der Waals surface area (Å²) in [7, 11) is 0. The summed E-state index contributed by atoms with van der Waals surface area (Å²) in [4.78, 5) is 0. The number of aliphatic hydroxyl groups excluding tert-OH is 1. The molecule has 1 aromatic rings. The van der Waals surface area contributed by atoms with Gasteiger partial charge in [-0.1, -0.05) is 42.8 Å². The molecule has 0 saturated carbocycles. The lowest BCUT2D eigenvalue weighted by Crippen LogP contribution is -2.02. The van der Waals surface area contributed by atoms with Crippen LogP contribution in [0.2, 0.25) is 0 Å². The molecule has 15 heavy (non-hydrogen) atoms. The SMILES string of the molecule is C[C](CO)c1cc(Br)cc(CC(C)C)c1. The van der Waals surface area contributed by atoms with Crippen LogP contribution >= 0.6 is 15.9 Å². The molecule has 1 N–H and O–H groups in total. The van der Waals surface area contributed by atoms with Gasteiger partial charge in [0.15, 0.2) is 0 Å². The molecule has 1 aromatic carbocycles. The smallest absolute Gasteiger partial charge is 0.0534 e. The molecule has 0 atom stereocenters. The molecule has 0 aliphatic carbocycles. The number of halogens is 1. The third-order valence-corrected chi connectivity index (χ3v) is 2.79. The fourth-order valence-corrected chi connectivity index (χ4v) is 2.12. The van der Waals surface area contributed by atoms with Crippen LogP contribution in [0.4, 0.5) is 0 Å². The van der Waals surface area contributed by atoms with Crippen LogP contribution in [-0.2, 0) is 6.42 Å². The first-order chi connectivity index (χ1) is 7.02. The fraction of sp³-hybridized carbons (Fsp3) is 0.462. The summed E-state index contributed by atoms with van der Waals surface area (Å²) in [5.74, 6) is 1.67. The second-order valence-corrected chi connectivity index (χ2v) is 5.30. The van der Waals surface area contributed by atoms with Crippen molar-refractivity contribution in [2.45, 2.75) is 27.2 Å². The molecule has 0 aliphatic rings. The summed E-state index contributed by atoms with van der Waals surface area (Å²) in [5, 5.41) is 9.10. The molecule has 0 aromatic heterocycles. The highest BCUT2D eigenvalue weighted by Crippen LogP contribution is 2.23. The number of rotatable bonds is 4. The molecule has 0 heterocycles. The van der Waals surface area contributed by atoms with Gasteiger partial charge in [-0.15, -0.1) is 0 Å². The Bertz CT molecular complexity index is 320. The van der Waals surface area contributed by atoms with Crippen LogP contribution in [0, 0.1) is 11.8 Å². The minimum Gasteiger partial charge on any atom is -0.395 e. The maximum atomic E-state index is 9.10. The number of hydrogen-bond acceptors (Lipinski definition) is 1. The van der Waals surface area contributed by atoms with E-state index in [2.05, 4.69) is 48.0 Å². The molecule has 83 valence electrons. The normalized spacial score (nSPS) is 11.4. The van der Waals surface area contributed by atoms with E-state index in [0.29, 0.717) is 5.92 Å². The van der Waals surface area contributed by atoms with Crippen molar-refractivity contribution in [2.75, 3.05) is 6.61 Å². The molecule has 1 radical (unpaired) electrons. The Morgan fingerprint density at radius 2 is 2.00 bits per heavy atom. The zero-order valence-corrected chi connectivity index (χ0v) is 11.1. The topological polar surface area (TPSA) is 20.2 Å². The molecule has 1 rings (SSSR count). The van der Waals surface area contributed by atoms with Crippen molar-refractivity contribution >= 4 is 15.9 Å². The van der Waals surface area contributed by atoms with Crippen molar-refractivity contribution in [3.8, 4) is 0 Å². The lowest BCUT2D eigenvalue weighted by molar-refractivity contribution is 0.315. The Morgan fingerprint density at radius 1 is 1.33 bits per heavy atom. The van der Waals surface area contributed by atoms with Gasteiger partial charge in [-0.05, 0) is 35.6 Å². The van der Waals surface area contributed by atoms with E-state index in [9.17, 15) is 0 Å². The van der Waals surface area contributed by atoms with Crippen LogP contribution in [0.5, 0.6) is 0 Å². The van der Waals surface area contributed by atoms with Crippen LogP contribution in [-0.4, -0.2) is 11.7 Å². The van der Waals surface area contributed by atoms with Gasteiger partial charge in [0.25, 0.3) is 0 Å². The predicted octanol–water partition coefficient (Wildman–Crippen LogP) is 3.58. The van der Waals surface area contributed by atoms with Crippen molar-refractivity contribution in [3.63, 3.8) is 0 Å². The molecule has 2 heteroatoms. The van der Waals surface area contributed by atoms with E-state index < -0.39 is 0 Å². The van der Waals surface area contributed by atoms with Crippen LogP contribution in [0.25, 0.3) is 0 Å². The predicted molar refractivity (Wildman–Crippen MR) is 67.8 cm³/mol. The fourth-order valence-electron chi connectivity index (χ4n) is 1.58. The van der Waals surface area contributed by atoms with E-state index >= 15 is 0 Å². The van der Waals surface area contributed by atoms with Gasteiger partial charge < -0.3 is 5.11 Å². The highest BCUT2D eigenvalue weighted by Gasteiger charge is 2.08. The van der Waals surface area contributed by atoms with Crippen molar-refractivity contribution in [1.82, 2.24) is 0 Å². The molecule has 0 spiro atoms. The molecule has 1 nitrogen and oxygen atoms in total. The standard InChI is InChI=1S/C13H18BrO/c1-9(2)4-11-5-12(10(3)8-15)7-13(14)6-11/h5-7,9,15H,4,8H2,1-3H3. The van der Waals surface area contributed by atoms with E-state index in [1.54, 1.807) is 0 Å². The van der Waals surface area contributed by atoms with E-state index in [1.807, 2.05) is 6.92 Å². The average Bonchev–Trinajstić information content (AvgIpc) is 2.14. The van der Waals surface area contributed by atoms with Gasteiger partial charge in [-0.3, -0.25) is 0 Å². The second kappa shape index (κ2) is 5.66. The molecule has 0 saturated heterocycles. The van der Waals surface area contributed by atoms with E-state index in [4.69, 9.17) is 5.11 Å². The zero-order chi connectivity index (χ0) is 11.4. The number of hydrogen-bond donors (Lipinski definition) is 1. The summed E-state index contributed by atoms with van der Waals surface area (Å²) in [6.45, 7) is 6.50. The molecule has 0 bridgehead atoms. The zero-order valence-electron chi connectivity index (χ0n) is 9.55. The van der Waals surface area contributed by atoms with Gasteiger partial charge in [0.2, 0.25) is 0 Å². The van der Waals surface area contributed by atoms with Crippen molar-refractivity contribution in [3.05, 3.63) is 39.7 Å². The first kappa shape index (κ1) is 12.7. The van der Waals surface area contributed by atoms with Crippen molar-refractivity contribution < 1.29 is 5.11 Å². The van der Waals surface area contributed by atoms with Gasteiger partial charge in [0.05, 0.1) is 6.61 Å². The molecule has 0 aliphatic heterocycles. The van der Waals surface area contributed by atoms with Gasteiger partial charge in [0.1, 0.15) is 0 Å². The Balaban J connectivity index is 2.94. The summed E-state index contributed by atoms with van der Waals surface area (Å²) >= 11 is 3.51. The third-order valence-electron chi connectivity index (χ3n) is 2.33. The monoisotopic (exact) mass is 269 g/mol. The van der Waals surface area contributed by atoms with Gasteiger partial charge in [-0.2, -0.15) is 0 Å². The van der Waals surface area contributed by atoms with E-state index in [1.165, 1.54) is 5.56 Å². The van der Waals surface area contributed by atoms with Crippen LogP contribution in [0.1, 0.15) is 31.9 Å². The maximum Gasteiger partial charge on any atom is 0.0534 e. The first-order valence-corrected chi connectivity index (χ1v) is 6.05. The number of benzene rings is 1. The third kappa shape index (κ3) is 3.96. The van der Waals surface area contributed by atoms with Gasteiger partial charge in [-0.25, -0.2) is 0 Å². The van der Waals surface area contributed by atoms with E-state index in [-0.39, 0.29) is 6.61 Å². The highest BCUT2D eigenvalue weighted by atomic mass is 79.9. The molecule has 0 fully saturated rings. The molecule has 0 unspecified atom stereocenters. The van der Waals surface area contributed by atoms with Crippen LogP contribution in [0.15, 0.2) is 22.7 Å². The van der Waals surface area contributed by atoms with Crippen molar-refractivity contribution in [2.24, 2.45) is 5.92 Å². The maximum absolute atomic E-state index is 9.10. The Hall–Kier alpha value is -0.340. The lowest BCUT2D eigenvalue weighted by atomic mass is 9.96. The minimum atomic E-state index is 0.123. The van der Waals surface area contributed by atoms with E-state index in [0.717, 1.165) is 22.4 Å². The number of aliphatic hydroxyl groups is 1.